The molecule has 6 nitrogen and oxygen atoms in total. The molecule has 2 aliphatic heterocycles. The van der Waals surface area contributed by atoms with Crippen LogP contribution < -0.4 is 4.74 Å². The highest BCUT2D eigenvalue weighted by atomic mass is 32.2. The zero-order chi connectivity index (χ0) is 19.4. The summed E-state index contributed by atoms with van der Waals surface area (Å²) >= 11 is 0. The van der Waals surface area contributed by atoms with E-state index in [4.69, 9.17) is 4.74 Å². The first kappa shape index (κ1) is 20.1. The third-order valence-corrected chi connectivity index (χ3v) is 7.58. The van der Waals surface area contributed by atoms with Crippen LogP contribution in [0.1, 0.15) is 44.1 Å². The minimum absolute atomic E-state index is 0.0612. The number of benzene rings is 1. The van der Waals surface area contributed by atoms with Crippen LogP contribution >= 0.6 is 0 Å². The number of carbonyl (C=O) groups is 1. The second kappa shape index (κ2) is 8.61. The number of nitrogens with zero attached hydrogens (tertiary/aromatic N) is 2. The summed E-state index contributed by atoms with van der Waals surface area (Å²) in [5, 5.41) is 0. The number of hydrogen-bond donors (Lipinski definition) is 0. The fourth-order valence-electron chi connectivity index (χ4n) is 4.02. The molecule has 2 saturated heterocycles. The van der Waals surface area contributed by atoms with Crippen molar-refractivity contribution >= 4 is 15.9 Å². The third kappa shape index (κ3) is 4.46. The van der Waals surface area contributed by atoms with Crippen LogP contribution in [0, 0.1) is 12.8 Å². The van der Waals surface area contributed by atoms with E-state index in [1.54, 1.807) is 12.1 Å². The number of amides is 1. The second-order valence-electron chi connectivity index (χ2n) is 7.57. The van der Waals surface area contributed by atoms with Gasteiger partial charge in [-0.05, 0) is 50.3 Å². The Kier molecular flexibility index (Phi) is 6.42. The monoisotopic (exact) mass is 394 g/mol. The summed E-state index contributed by atoms with van der Waals surface area (Å²) in [5.74, 6) is 0.513. The molecule has 1 amide bonds. The quantitative estimate of drug-likeness (QED) is 0.788. The van der Waals surface area contributed by atoms with Crippen molar-refractivity contribution in [3.8, 4) is 5.75 Å². The van der Waals surface area contributed by atoms with Gasteiger partial charge >= 0.3 is 0 Å². The molecule has 0 saturated carbocycles. The van der Waals surface area contributed by atoms with Gasteiger partial charge in [0.05, 0.1) is 7.11 Å². The van der Waals surface area contributed by atoms with E-state index in [9.17, 15) is 13.2 Å². The SMILES string of the molecule is COc1ccc(C)cc1S(=O)(=O)N1CCC(C(=O)N2CCCCCC2)CC1. The number of piperidine rings is 1. The maximum absolute atomic E-state index is 13.1. The van der Waals surface area contributed by atoms with Gasteiger partial charge < -0.3 is 9.64 Å². The van der Waals surface area contributed by atoms with Crippen LogP contribution in [0.25, 0.3) is 0 Å². The maximum Gasteiger partial charge on any atom is 0.246 e. The van der Waals surface area contributed by atoms with Gasteiger partial charge in [-0.2, -0.15) is 4.31 Å². The fourth-order valence-corrected chi connectivity index (χ4v) is 5.73. The lowest BCUT2D eigenvalue weighted by molar-refractivity contribution is -0.136. The summed E-state index contributed by atoms with van der Waals surface area (Å²) in [6, 6.07) is 5.18. The summed E-state index contributed by atoms with van der Waals surface area (Å²) in [6.45, 7) is 4.31. The van der Waals surface area contributed by atoms with Crippen LogP contribution in [-0.2, 0) is 14.8 Å². The molecular formula is C20H30N2O4S. The van der Waals surface area contributed by atoms with Gasteiger partial charge in [-0.25, -0.2) is 8.42 Å². The molecule has 3 rings (SSSR count). The van der Waals surface area contributed by atoms with Crippen molar-refractivity contribution < 1.29 is 17.9 Å². The lowest BCUT2D eigenvalue weighted by Gasteiger charge is -2.33. The first-order valence-electron chi connectivity index (χ1n) is 9.87. The highest BCUT2D eigenvalue weighted by Gasteiger charge is 2.35. The molecule has 2 aliphatic rings. The highest BCUT2D eigenvalue weighted by Crippen LogP contribution is 2.31. The van der Waals surface area contributed by atoms with Gasteiger partial charge in [0.1, 0.15) is 10.6 Å². The van der Waals surface area contributed by atoms with Crippen LogP contribution in [-0.4, -0.2) is 56.8 Å². The molecule has 27 heavy (non-hydrogen) atoms. The minimum atomic E-state index is -3.62. The fraction of sp³-hybridized carbons (Fsp3) is 0.650. The zero-order valence-corrected chi connectivity index (χ0v) is 17.1. The molecule has 2 heterocycles. The van der Waals surface area contributed by atoms with Crippen LogP contribution in [0.3, 0.4) is 0 Å². The predicted molar refractivity (Wildman–Crippen MR) is 104 cm³/mol. The number of aryl methyl sites for hydroxylation is 1. The van der Waals surface area contributed by atoms with Crippen molar-refractivity contribution in [3.63, 3.8) is 0 Å². The Balaban J connectivity index is 1.68. The van der Waals surface area contributed by atoms with Crippen molar-refractivity contribution in [3.05, 3.63) is 23.8 Å². The van der Waals surface area contributed by atoms with Gasteiger partial charge in [-0.15, -0.1) is 0 Å². The van der Waals surface area contributed by atoms with Crippen molar-refractivity contribution in [1.82, 2.24) is 9.21 Å². The molecule has 0 aliphatic carbocycles. The summed E-state index contributed by atoms with van der Waals surface area (Å²) < 4.78 is 32.9. The van der Waals surface area contributed by atoms with E-state index in [1.165, 1.54) is 24.3 Å². The average Bonchev–Trinajstić information content (AvgIpc) is 2.97. The molecule has 0 spiro atoms. The Hall–Kier alpha value is -1.60. The highest BCUT2D eigenvalue weighted by molar-refractivity contribution is 7.89. The Labute approximate surface area is 162 Å². The van der Waals surface area contributed by atoms with Crippen LogP contribution in [0.2, 0.25) is 0 Å². The van der Waals surface area contributed by atoms with E-state index in [0.29, 0.717) is 31.7 Å². The lowest BCUT2D eigenvalue weighted by Crippen LogP contribution is -2.44. The lowest BCUT2D eigenvalue weighted by atomic mass is 9.96. The molecular weight excluding hydrogens is 364 g/mol. The molecule has 7 heteroatoms. The van der Waals surface area contributed by atoms with Crippen molar-refractivity contribution in [2.45, 2.75) is 50.3 Å². The first-order chi connectivity index (χ1) is 12.9. The normalized spacial score (nSPS) is 20.3. The molecule has 2 fully saturated rings. The number of rotatable bonds is 4. The summed E-state index contributed by atoms with van der Waals surface area (Å²) in [4.78, 5) is 15.0. The zero-order valence-electron chi connectivity index (χ0n) is 16.3. The Morgan fingerprint density at radius 3 is 2.26 bits per heavy atom. The Morgan fingerprint density at radius 2 is 1.67 bits per heavy atom. The second-order valence-corrected chi connectivity index (χ2v) is 9.48. The number of sulfonamides is 1. The molecule has 1 aromatic carbocycles. The molecule has 150 valence electrons. The van der Waals surface area contributed by atoms with Crippen molar-refractivity contribution in [1.29, 1.82) is 0 Å². The largest absolute Gasteiger partial charge is 0.495 e. The molecule has 0 unspecified atom stereocenters. The number of carbonyl (C=O) groups excluding carboxylic acids is 1. The molecule has 0 aromatic heterocycles. The maximum atomic E-state index is 13.1. The number of hydrogen-bond acceptors (Lipinski definition) is 4. The van der Waals surface area contributed by atoms with E-state index in [-0.39, 0.29) is 16.7 Å². The molecule has 0 radical (unpaired) electrons. The van der Waals surface area contributed by atoms with Crippen LogP contribution in [0.15, 0.2) is 23.1 Å². The van der Waals surface area contributed by atoms with Gasteiger partial charge in [0.15, 0.2) is 0 Å². The number of methoxy groups -OCH3 is 1. The summed E-state index contributed by atoms with van der Waals surface area (Å²) in [7, 11) is -2.14. The predicted octanol–water partition coefficient (Wildman–Crippen LogP) is 2.81. The molecule has 0 bridgehead atoms. The van der Waals surface area contributed by atoms with E-state index in [2.05, 4.69) is 0 Å². The summed E-state index contributed by atoms with van der Waals surface area (Å²) in [5.41, 5.74) is 0.876. The Bertz CT molecular complexity index is 762. The standard InChI is InChI=1S/C20H30N2O4S/c1-16-7-8-18(26-2)19(15-16)27(24,25)22-13-9-17(10-14-22)20(23)21-11-5-3-4-6-12-21/h7-8,15,17H,3-6,9-14H2,1-2H3. The average molecular weight is 395 g/mol. The molecule has 0 atom stereocenters. The topological polar surface area (TPSA) is 66.9 Å². The van der Waals surface area contributed by atoms with Gasteiger partial charge in [0, 0.05) is 32.1 Å². The van der Waals surface area contributed by atoms with Crippen LogP contribution in [0.4, 0.5) is 0 Å². The van der Waals surface area contributed by atoms with Crippen molar-refractivity contribution in [2.75, 3.05) is 33.3 Å². The van der Waals surface area contributed by atoms with Gasteiger partial charge in [-0.1, -0.05) is 18.9 Å². The Morgan fingerprint density at radius 1 is 1.04 bits per heavy atom. The van der Waals surface area contributed by atoms with Crippen molar-refractivity contribution in [2.24, 2.45) is 5.92 Å². The number of likely N-dealkylation sites (tertiary alicyclic amines) is 1. The third-order valence-electron chi connectivity index (χ3n) is 5.66. The first-order valence-corrected chi connectivity index (χ1v) is 11.3. The van der Waals surface area contributed by atoms with E-state index in [0.717, 1.165) is 31.5 Å². The van der Waals surface area contributed by atoms with Gasteiger partial charge in [0.25, 0.3) is 0 Å². The van der Waals surface area contributed by atoms with E-state index in [1.807, 2.05) is 17.9 Å². The van der Waals surface area contributed by atoms with Gasteiger partial charge in [0.2, 0.25) is 15.9 Å². The molecule has 1 aromatic rings. The minimum Gasteiger partial charge on any atom is -0.495 e. The van der Waals surface area contributed by atoms with Gasteiger partial charge in [-0.3, -0.25) is 4.79 Å². The molecule has 0 N–H and O–H groups in total. The number of ether oxygens (including phenoxy) is 1. The summed E-state index contributed by atoms with van der Waals surface area (Å²) in [6.07, 6.45) is 5.71. The van der Waals surface area contributed by atoms with E-state index >= 15 is 0 Å². The smallest absolute Gasteiger partial charge is 0.246 e. The van der Waals surface area contributed by atoms with E-state index < -0.39 is 10.0 Å². The van der Waals surface area contributed by atoms with Crippen LogP contribution in [0.5, 0.6) is 5.75 Å².